The van der Waals surface area contributed by atoms with Crippen molar-refractivity contribution in [3.8, 4) is 5.75 Å². The van der Waals surface area contributed by atoms with Crippen molar-refractivity contribution in [1.82, 2.24) is 10.1 Å². The topological polar surface area (TPSA) is 75.8 Å². The fraction of sp³-hybridized carbons (Fsp3) is 0.444. The molecular formula is C18H22N2O4. The number of β-amino-alcohol motifs (C(OH)–C–C–N with tert-alkyl or cyclic N) is 1. The number of nitrogens with zero attached hydrogens (tertiary/aromatic N) is 2. The van der Waals surface area contributed by atoms with Gasteiger partial charge in [0.25, 0.3) is 5.91 Å². The number of rotatable bonds is 4. The van der Waals surface area contributed by atoms with E-state index in [0.29, 0.717) is 24.2 Å². The monoisotopic (exact) mass is 330 g/mol. The van der Waals surface area contributed by atoms with Crippen LogP contribution in [-0.2, 0) is 0 Å². The molecule has 0 bridgehead atoms. The maximum Gasteiger partial charge on any atom is 0.259 e. The smallest absolute Gasteiger partial charge is 0.259 e. The molecule has 0 spiro atoms. The number of carbonyl (C=O) groups is 1. The van der Waals surface area contributed by atoms with Gasteiger partial charge in [-0.1, -0.05) is 17.3 Å². The van der Waals surface area contributed by atoms with Crippen molar-refractivity contribution in [1.29, 1.82) is 0 Å². The van der Waals surface area contributed by atoms with Crippen molar-refractivity contribution in [2.45, 2.75) is 32.3 Å². The third kappa shape index (κ3) is 3.59. The number of ether oxygens (including phenoxy) is 1. The van der Waals surface area contributed by atoms with Gasteiger partial charge in [0.2, 0.25) is 0 Å². The first-order valence-corrected chi connectivity index (χ1v) is 8.09. The Hall–Kier alpha value is -2.34. The number of hydrogen-bond acceptors (Lipinski definition) is 5. The van der Waals surface area contributed by atoms with E-state index in [1.54, 1.807) is 11.8 Å². The van der Waals surface area contributed by atoms with Crippen LogP contribution in [-0.4, -0.2) is 46.4 Å². The molecule has 24 heavy (non-hydrogen) atoms. The van der Waals surface area contributed by atoms with Crippen LogP contribution in [0, 0.1) is 13.8 Å². The molecule has 128 valence electrons. The Bertz CT molecular complexity index is 727. The predicted octanol–water partition coefficient (Wildman–Crippen LogP) is 2.34. The molecule has 3 rings (SSSR count). The molecule has 0 saturated carbocycles. The summed E-state index contributed by atoms with van der Waals surface area (Å²) in [5.41, 5.74) is 1.05. The minimum absolute atomic E-state index is 0.156. The van der Waals surface area contributed by atoms with Gasteiger partial charge in [-0.2, -0.15) is 0 Å². The molecular weight excluding hydrogens is 308 g/mol. The van der Waals surface area contributed by atoms with Crippen molar-refractivity contribution in [2.24, 2.45) is 0 Å². The molecule has 1 aromatic heterocycles. The van der Waals surface area contributed by atoms with Crippen LogP contribution >= 0.6 is 0 Å². The Morgan fingerprint density at radius 2 is 2.29 bits per heavy atom. The van der Waals surface area contributed by atoms with E-state index in [0.717, 1.165) is 17.7 Å². The zero-order valence-corrected chi connectivity index (χ0v) is 14.0. The van der Waals surface area contributed by atoms with Crippen LogP contribution < -0.4 is 4.74 Å². The summed E-state index contributed by atoms with van der Waals surface area (Å²) >= 11 is 0. The quantitative estimate of drug-likeness (QED) is 0.931. The van der Waals surface area contributed by atoms with Gasteiger partial charge in [-0.05, 0) is 44.4 Å². The van der Waals surface area contributed by atoms with Crippen molar-refractivity contribution >= 4 is 5.91 Å². The number of aromatic nitrogens is 1. The molecule has 0 radical (unpaired) electrons. The molecule has 1 saturated heterocycles. The van der Waals surface area contributed by atoms with E-state index in [-0.39, 0.29) is 19.1 Å². The molecule has 1 aliphatic rings. The number of carbonyl (C=O) groups excluding carboxylic acids is 1. The third-order valence-corrected chi connectivity index (χ3v) is 4.32. The molecule has 6 heteroatoms. The second-order valence-electron chi connectivity index (χ2n) is 6.47. The van der Waals surface area contributed by atoms with Gasteiger partial charge in [-0.25, -0.2) is 0 Å². The van der Waals surface area contributed by atoms with Crippen molar-refractivity contribution in [3.63, 3.8) is 0 Å². The lowest BCUT2D eigenvalue weighted by Crippen LogP contribution is -2.53. The van der Waals surface area contributed by atoms with E-state index in [9.17, 15) is 9.90 Å². The fourth-order valence-electron chi connectivity index (χ4n) is 2.99. The van der Waals surface area contributed by atoms with Crippen molar-refractivity contribution < 1.29 is 19.2 Å². The van der Waals surface area contributed by atoms with E-state index in [4.69, 9.17) is 9.26 Å². The number of aliphatic hydroxyl groups is 1. The van der Waals surface area contributed by atoms with Gasteiger partial charge in [0, 0.05) is 6.54 Å². The summed E-state index contributed by atoms with van der Waals surface area (Å²) in [5, 5.41) is 14.6. The third-order valence-electron chi connectivity index (χ3n) is 4.32. The van der Waals surface area contributed by atoms with Crippen LogP contribution in [0.5, 0.6) is 5.75 Å². The van der Waals surface area contributed by atoms with Gasteiger partial charge in [0.05, 0.1) is 12.2 Å². The second kappa shape index (κ2) is 6.65. The Labute approximate surface area is 141 Å². The molecule has 0 unspecified atom stereocenters. The minimum atomic E-state index is -1.05. The Morgan fingerprint density at radius 1 is 1.46 bits per heavy atom. The Morgan fingerprint density at radius 3 is 3.00 bits per heavy atom. The summed E-state index contributed by atoms with van der Waals surface area (Å²) in [6, 6.07) is 7.70. The molecule has 1 aliphatic heterocycles. The average Bonchev–Trinajstić information content (AvgIpc) is 2.99. The number of benzene rings is 1. The highest BCUT2D eigenvalue weighted by Gasteiger charge is 2.37. The zero-order chi connectivity index (χ0) is 17.2. The first kappa shape index (κ1) is 16.5. The van der Waals surface area contributed by atoms with Gasteiger partial charge in [0.15, 0.2) is 0 Å². The summed E-state index contributed by atoms with van der Waals surface area (Å²) in [6.07, 6.45) is 2.68. The molecule has 1 amide bonds. The van der Waals surface area contributed by atoms with E-state index >= 15 is 0 Å². The number of aryl methyl sites for hydroxylation is 2. The number of hydrogen-bond donors (Lipinski definition) is 1. The highest BCUT2D eigenvalue weighted by Crippen LogP contribution is 2.25. The predicted molar refractivity (Wildman–Crippen MR) is 88.0 cm³/mol. The molecule has 2 aromatic rings. The number of piperidine rings is 1. The maximum atomic E-state index is 12.6. The molecule has 1 N–H and O–H groups in total. The van der Waals surface area contributed by atoms with Gasteiger partial charge in [-0.15, -0.1) is 0 Å². The van der Waals surface area contributed by atoms with Crippen LogP contribution in [0.3, 0.4) is 0 Å². The lowest BCUT2D eigenvalue weighted by Gasteiger charge is -2.38. The molecule has 0 aliphatic carbocycles. The summed E-state index contributed by atoms with van der Waals surface area (Å²) in [7, 11) is 0. The highest BCUT2D eigenvalue weighted by atomic mass is 16.5. The fourth-order valence-corrected chi connectivity index (χ4v) is 2.99. The van der Waals surface area contributed by atoms with Crippen LogP contribution in [0.4, 0.5) is 0 Å². The normalized spacial score (nSPS) is 20.9. The molecule has 1 fully saturated rings. The van der Waals surface area contributed by atoms with Gasteiger partial charge in [-0.3, -0.25) is 4.79 Å². The van der Waals surface area contributed by atoms with Crippen LogP contribution in [0.15, 0.2) is 35.1 Å². The van der Waals surface area contributed by atoms with E-state index in [1.165, 1.54) is 6.26 Å². The van der Waals surface area contributed by atoms with Gasteiger partial charge < -0.3 is 19.3 Å². The Balaban J connectivity index is 1.65. The summed E-state index contributed by atoms with van der Waals surface area (Å²) in [4.78, 5) is 14.2. The summed E-state index contributed by atoms with van der Waals surface area (Å²) in [5.74, 6) is 0.559. The van der Waals surface area contributed by atoms with Gasteiger partial charge in [0.1, 0.15) is 29.8 Å². The summed E-state index contributed by atoms with van der Waals surface area (Å²) < 4.78 is 10.6. The average molecular weight is 330 g/mol. The first-order chi connectivity index (χ1) is 11.5. The van der Waals surface area contributed by atoms with Crippen LogP contribution in [0.25, 0.3) is 0 Å². The van der Waals surface area contributed by atoms with Gasteiger partial charge >= 0.3 is 0 Å². The lowest BCUT2D eigenvalue weighted by molar-refractivity contribution is -0.0532. The highest BCUT2D eigenvalue weighted by molar-refractivity contribution is 5.94. The second-order valence-corrected chi connectivity index (χ2v) is 6.47. The Kier molecular flexibility index (Phi) is 4.57. The molecule has 1 aromatic carbocycles. The molecule has 1 atom stereocenters. The molecule has 2 heterocycles. The minimum Gasteiger partial charge on any atom is -0.491 e. The summed E-state index contributed by atoms with van der Waals surface area (Å²) in [6.45, 7) is 4.72. The van der Waals surface area contributed by atoms with Crippen LogP contribution in [0.1, 0.15) is 34.5 Å². The van der Waals surface area contributed by atoms with Crippen LogP contribution in [0.2, 0.25) is 0 Å². The molecule has 6 nitrogen and oxygen atoms in total. The van der Waals surface area contributed by atoms with E-state index in [2.05, 4.69) is 5.16 Å². The van der Waals surface area contributed by atoms with Crippen molar-refractivity contribution in [3.05, 3.63) is 47.3 Å². The zero-order valence-electron chi connectivity index (χ0n) is 14.0. The maximum absolute atomic E-state index is 12.6. The number of amides is 1. The van der Waals surface area contributed by atoms with E-state index in [1.807, 2.05) is 31.2 Å². The van der Waals surface area contributed by atoms with Crippen molar-refractivity contribution in [2.75, 3.05) is 19.7 Å². The largest absolute Gasteiger partial charge is 0.491 e. The SMILES string of the molecule is Cc1cccc(OC[C@]2(O)CCCN(C(=O)c3conc3C)C2)c1. The first-order valence-electron chi connectivity index (χ1n) is 8.09. The van der Waals surface area contributed by atoms with E-state index < -0.39 is 5.60 Å². The lowest BCUT2D eigenvalue weighted by atomic mass is 9.93. The number of likely N-dealkylation sites (tertiary alicyclic amines) is 1. The standard InChI is InChI=1S/C18H22N2O4/c1-13-5-3-6-15(9-13)23-12-18(22)7-4-8-20(11-18)17(21)16-10-24-19-14(16)2/h3,5-6,9-10,22H,4,7-8,11-12H2,1-2H3/t18-/m0/s1.